The summed E-state index contributed by atoms with van der Waals surface area (Å²) in [6.07, 6.45) is 2.21. The smallest absolute Gasteiger partial charge is 0.0580 e. The molecule has 2 heteroatoms. The van der Waals surface area contributed by atoms with Gasteiger partial charge in [0.25, 0.3) is 0 Å². The Morgan fingerprint density at radius 1 is 1.44 bits per heavy atom. The molecule has 1 rings (SSSR count). The van der Waals surface area contributed by atoms with Crippen molar-refractivity contribution in [3.8, 4) is 0 Å². The van der Waals surface area contributed by atoms with Gasteiger partial charge in [-0.1, -0.05) is 0 Å². The maximum absolute atomic E-state index is 9.13. The van der Waals surface area contributed by atoms with E-state index in [1.165, 1.54) is 6.42 Å². The summed E-state index contributed by atoms with van der Waals surface area (Å²) in [5.74, 6) is 0.556. The van der Waals surface area contributed by atoms with Gasteiger partial charge in [-0.2, -0.15) is 0 Å². The van der Waals surface area contributed by atoms with Crippen LogP contribution in [0.3, 0.4) is 0 Å². The lowest BCUT2D eigenvalue weighted by Crippen LogP contribution is -2.38. The minimum absolute atomic E-state index is 0.00704. The maximum Gasteiger partial charge on any atom is 0.0580 e. The molecule has 54 valence electrons. The van der Waals surface area contributed by atoms with E-state index in [1.54, 1.807) is 0 Å². The summed E-state index contributed by atoms with van der Waals surface area (Å²) < 4.78 is 0. The molecule has 0 bridgehead atoms. The Morgan fingerprint density at radius 3 is 2.22 bits per heavy atom. The van der Waals surface area contributed by atoms with Crippen molar-refractivity contribution in [2.45, 2.75) is 18.9 Å². The molecule has 1 saturated carbocycles. The summed E-state index contributed by atoms with van der Waals surface area (Å²) in [4.78, 5) is 2.13. The largest absolute Gasteiger partial charge is 0.393 e. The van der Waals surface area contributed by atoms with Gasteiger partial charge in [0, 0.05) is 6.54 Å². The van der Waals surface area contributed by atoms with Crippen molar-refractivity contribution in [2.24, 2.45) is 5.92 Å². The normalized spacial score (nSPS) is 34.7. The van der Waals surface area contributed by atoms with E-state index in [-0.39, 0.29) is 6.10 Å². The molecular weight excluding hydrogens is 114 g/mol. The second kappa shape index (κ2) is 2.67. The maximum atomic E-state index is 9.13. The molecule has 1 aliphatic rings. The van der Waals surface area contributed by atoms with Crippen molar-refractivity contribution in [1.82, 2.24) is 4.90 Å². The molecule has 0 aromatic heterocycles. The van der Waals surface area contributed by atoms with Crippen LogP contribution < -0.4 is 0 Å². The van der Waals surface area contributed by atoms with Gasteiger partial charge in [-0.3, -0.25) is 0 Å². The molecule has 1 N–H and O–H groups in total. The average Bonchev–Trinajstić information content (AvgIpc) is 1.79. The van der Waals surface area contributed by atoms with Gasteiger partial charge in [0.2, 0.25) is 0 Å². The van der Waals surface area contributed by atoms with Crippen LogP contribution in [0.5, 0.6) is 0 Å². The molecule has 0 aromatic carbocycles. The quantitative estimate of drug-likeness (QED) is 0.580. The van der Waals surface area contributed by atoms with E-state index < -0.39 is 0 Å². The summed E-state index contributed by atoms with van der Waals surface area (Å²) in [6.45, 7) is 1.04. The van der Waals surface area contributed by atoms with Gasteiger partial charge in [0.15, 0.2) is 0 Å². The third-order valence-electron chi connectivity index (χ3n) is 1.98. The molecule has 0 saturated heterocycles. The first kappa shape index (κ1) is 7.03. The zero-order chi connectivity index (χ0) is 6.85. The molecule has 2 nitrogen and oxygen atoms in total. The van der Waals surface area contributed by atoms with Gasteiger partial charge in [0.1, 0.15) is 0 Å². The molecular formula is C7H15NO. The number of hydrogen-bond donors (Lipinski definition) is 1. The molecule has 1 fully saturated rings. The predicted molar refractivity (Wildman–Crippen MR) is 37.3 cm³/mol. The van der Waals surface area contributed by atoms with E-state index in [0.717, 1.165) is 13.0 Å². The standard InChI is InChI=1S/C7H15NO/c1-8(2)5-6-3-4-7(6)9/h6-7,9H,3-5H2,1-2H3/t6-,7?/m0/s1. The van der Waals surface area contributed by atoms with E-state index in [2.05, 4.69) is 4.90 Å². The molecule has 9 heavy (non-hydrogen) atoms. The molecule has 2 atom stereocenters. The fraction of sp³-hybridized carbons (Fsp3) is 1.00. The highest BCUT2D eigenvalue weighted by atomic mass is 16.3. The Morgan fingerprint density at radius 2 is 2.11 bits per heavy atom. The van der Waals surface area contributed by atoms with Crippen molar-refractivity contribution >= 4 is 0 Å². The van der Waals surface area contributed by atoms with Crippen LogP contribution >= 0.6 is 0 Å². The first-order valence-electron chi connectivity index (χ1n) is 3.53. The van der Waals surface area contributed by atoms with Crippen LogP contribution in [0, 0.1) is 5.92 Å². The third-order valence-corrected chi connectivity index (χ3v) is 1.98. The first-order chi connectivity index (χ1) is 4.20. The summed E-state index contributed by atoms with van der Waals surface area (Å²) >= 11 is 0. The minimum atomic E-state index is -0.00704. The van der Waals surface area contributed by atoms with Gasteiger partial charge in [-0.25, -0.2) is 0 Å². The predicted octanol–water partition coefficient (Wildman–Crippen LogP) is 0.319. The van der Waals surface area contributed by atoms with Gasteiger partial charge >= 0.3 is 0 Å². The first-order valence-corrected chi connectivity index (χ1v) is 3.53. The SMILES string of the molecule is CN(C)C[C@@H]1CCC1O. The monoisotopic (exact) mass is 129 g/mol. The lowest BCUT2D eigenvalue weighted by Gasteiger charge is -2.34. The highest BCUT2D eigenvalue weighted by molar-refractivity contribution is 4.81. The molecule has 1 unspecified atom stereocenters. The van der Waals surface area contributed by atoms with Crippen molar-refractivity contribution < 1.29 is 5.11 Å². The zero-order valence-electron chi connectivity index (χ0n) is 6.17. The van der Waals surface area contributed by atoms with E-state index in [9.17, 15) is 0 Å². The third kappa shape index (κ3) is 1.66. The van der Waals surface area contributed by atoms with E-state index >= 15 is 0 Å². The number of hydrogen-bond acceptors (Lipinski definition) is 2. The second-order valence-corrected chi connectivity index (χ2v) is 3.17. The Balaban J connectivity index is 2.13. The molecule has 0 spiro atoms. The molecule has 0 aromatic rings. The number of rotatable bonds is 2. The van der Waals surface area contributed by atoms with Crippen LogP contribution in [0.4, 0.5) is 0 Å². The summed E-state index contributed by atoms with van der Waals surface area (Å²) in [5.41, 5.74) is 0. The van der Waals surface area contributed by atoms with Crippen LogP contribution in [0.15, 0.2) is 0 Å². The van der Waals surface area contributed by atoms with Gasteiger partial charge in [-0.05, 0) is 32.9 Å². The topological polar surface area (TPSA) is 23.5 Å². The van der Waals surface area contributed by atoms with Crippen molar-refractivity contribution in [2.75, 3.05) is 20.6 Å². The number of aliphatic hydroxyl groups excluding tert-OH is 1. The molecule has 1 aliphatic carbocycles. The van der Waals surface area contributed by atoms with Crippen molar-refractivity contribution in [3.05, 3.63) is 0 Å². The Labute approximate surface area is 56.5 Å². The highest BCUT2D eigenvalue weighted by Crippen LogP contribution is 2.27. The lowest BCUT2D eigenvalue weighted by atomic mass is 9.82. The highest BCUT2D eigenvalue weighted by Gasteiger charge is 2.28. The number of aliphatic hydroxyl groups is 1. The summed E-state index contributed by atoms with van der Waals surface area (Å²) in [6, 6.07) is 0. The fourth-order valence-corrected chi connectivity index (χ4v) is 1.23. The van der Waals surface area contributed by atoms with E-state index in [4.69, 9.17) is 5.11 Å². The van der Waals surface area contributed by atoms with Crippen molar-refractivity contribution in [1.29, 1.82) is 0 Å². The van der Waals surface area contributed by atoms with Gasteiger partial charge in [0.05, 0.1) is 6.10 Å². The lowest BCUT2D eigenvalue weighted by molar-refractivity contribution is 0.0110. The average molecular weight is 129 g/mol. The molecule has 0 amide bonds. The summed E-state index contributed by atoms with van der Waals surface area (Å²) in [7, 11) is 4.09. The Kier molecular flexibility index (Phi) is 2.09. The molecule has 0 heterocycles. The minimum Gasteiger partial charge on any atom is -0.393 e. The molecule has 0 aliphatic heterocycles. The van der Waals surface area contributed by atoms with Crippen LogP contribution in [-0.2, 0) is 0 Å². The van der Waals surface area contributed by atoms with Crippen LogP contribution in [0.1, 0.15) is 12.8 Å². The Hall–Kier alpha value is -0.0800. The Bertz CT molecular complexity index is 92.9. The van der Waals surface area contributed by atoms with Crippen LogP contribution in [-0.4, -0.2) is 36.8 Å². The van der Waals surface area contributed by atoms with Gasteiger partial charge < -0.3 is 10.0 Å². The van der Waals surface area contributed by atoms with Gasteiger partial charge in [-0.15, -0.1) is 0 Å². The summed E-state index contributed by atoms with van der Waals surface area (Å²) in [5, 5.41) is 9.13. The second-order valence-electron chi connectivity index (χ2n) is 3.17. The van der Waals surface area contributed by atoms with Crippen LogP contribution in [0.25, 0.3) is 0 Å². The zero-order valence-corrected chi connectivity index (χ0v) is 6.17. The van der Waals surface area contributed by atoms with Crippen LogP contribution in [0.2, 0.25) is 0 Å². The molecule has 0 radical (unpaired) electrons. The fourth-order valence-electron chi connectivity index (χ4n) is 1.23. The van der Waals surface area contributed by atoms with E-state index in [1.807, 2.05) is 14.1 Å². The van der Waals surface area contributed by atoms with Crippen molar-refractivity contribution in [3.63, 3.8) is 0 Å². The number of nitrogens with zero attached hydrogens (tertiary/aromatic N) is 1. The van der Waals surface area contributed by atoms with E-state index in [0.29, 0.717) is 5.92 Å².